The molecule has 0 aliphatic rings. The fraction of sp³-hybridized carbons (Fsp3) is 0.231. The summed E-state index contributed by atoms with van der Waals surface area (Å²) in [6, 6.07) is 2.68. The highest BCUT2D eigenvalue weighted by molar-refractivity contribution is 5.94. The summed E-state index contributed by atoms with van der Waals surface area (Å²) >= 11 is 0. The van der Waals surface area contributed by atoms with E-state index in [1.54, 1.807) is 0 Å². The predicted octanol–water partition coefficient (Wildman–Crippen LogP) is 0.592. The molecule has 120 valence electrons. The molecular formula is C13H12N4O6. The number of hydrogen-bond acceptors (Lipinski definition) is 7. The van der Waals surface area contributed by atoms with Crippen LogP contribution in [0.5, 0.6) is 0 Å². The van der Waals surface area contributed by atoms with E-state index in [0.717, 1.165) is 13.3 Å². The van der Waals surface area contributed by atoms with Crippen molar-refractivity contribution >= 4 is 17.6 Å². The lowest BCUT2D eigenvalue weighted by Crippen LogP contribution is -2.26. The van der Waals surface area contributed by atoms with E-state index in [-0.39, 0.29) is 12.1 Å². The number of nitrogens with zero attached hydrogens (tertiary/aromatic N) is 4. The van der Waals surface area contributed by atoms with Crippen LogP contribution in [-0.4, -0.2) is 43.8 Å². The number of rotatable bonds is 6. The third kappa shape index (κ3) is 3.67. The van der Waals surface area contributed by atoms with Crippen LogP contribution in [-0.2, 0) is 20.7 Å². The Morgan fingerprint density at radius 2 is 2.17 bits per heavy atom. The Bertz CT molecular complexity index is 739. The topological polar surface area (TPSA) is 137 Å². The fourth-order valence-corrected chi connectivity index (χ4v) is 1.86. The molecule has 10 nitrogen and oxygen atoms in total. The Morgan fingerprint density at radius 1 is 1.43 bits per heavy atom. The van der Waals surface area contributed by atoms with Gasteiger partial charge in [0.15, 0.2) is 11.7 Å². The summed E-state index contributed by atoms with van der Waals surface area (Å²) in [5.41, 5.74) is 0.334. The lowest BCUT2D eigenvalue weighted by Gasteiger charge is -2.07. The molecule has 0 saturated heterocycles. The van der Waals surface area contributed by atoms with Gasteiger partial charge < -0.3 is 9.84 Å². The molecule has 0 aliphatic heterocycles. The molecule has 0 radical (unpaired) electrons. The summed E-state index contributed by atoms with van der Waals surface area (Å²) in [6.07, 6.45) is 3.88. The van der Waals surface area contributed by atoms with Crippen molar-refractivity contribution in [3.8, 4) is 5.82 Å². The van der Waals surface area contributed by atoms with Crippen LogP contribution < -0.4 is 0 Å². The minimum Gasteiger partial charge on any atom is -0.481 e. The molecule has 0 aromatic carbocycles. The van der Waals surface area contributed by atoms with E-state index in [1.165, 1.54) is 29.2 Å². The first-order chi connectivity index (χ1) is 10.9. The Kier molecular flexibility index (Phi) is 4.64. The van der Waals surface area contributed by atoms with Crippen LogP contribution in [0.2, 0.25) is 0 Å². The summed E-state index contributed by atoms with van der Waals surface area (Å²) in [4.78, 5) is 36.4. The molecular weight excluding hydrogens is 308 g/mol. The van der Waals surface area contributed by atoms with E-state index in [2.05, 4.69) is 14.8 Å². The number of ether oxygens (including phenoxy) is 1. The van der Waals surface area contributed by atoms with Crippen molar-refractivity contribution < 1.29 is 24.4 Å². The van der Waals surface area contributed by atoms with Gasteiger partial charge in [0.2, 0.25) is 0 Å². The monoisotopic (exact) mass is 320 g/mol. The van der Waals surface area contributed by atoms with Gasteiger partial charge in [0.05, 0.1) is 18.2 Å². The van der Waals surface area contributed by atoms with Crippen molar-refractivity contribution in [2.45, 2.75) is 6.42 Å². The number of aliphatic carboxylic acids is 1. The number of carbonyl (C=O) groups is 2. The first-order valence-corrected chi connectivity index (χ1v) is 6.37. The molecule has 1 unspecified atom stereocenters. The van der Waals surface area contributed by atoms with Crippen LogP contribution in [0.4, 0.5) is 5.69 Å². The van der Waals surface area contributed by atoms with Gasteiger partial charge >= 0.3 is 11.9 Å². The van der Waals surface area contributed by atoms with Crippen LogP contribution in [0.3, 0.4) is 0 Å². The molecule has 0 fully saturated rings. The quantitative estimate of drug-likeness (QED) is 0.353. The summed E-state index contributed by atoms with van der Waals surface area (Å²) < 4.78 is 5.78. The van der Waals surface area contributed by atoms with Crippen LogP contribution in [0.15, 0.2) is 30.7 Å². The summed E-state index contributed by atoms with van der Waals surface area (Å²) in [7, 11) is 1.11. The molecule has 0 saturated carbocycles. The second kappa shape index (κ2) is 6.64. The van der Waals surface area contributed by atoms with Gasteiger partial charge in [-0.3, -0.25) is 19.7 Å². The predicted molar refractivity (Wildman–Crippen MR) is 74.9 cm³/mol. The Labute approximate surface area is 129 Å². The zero-order valence-electron chi connectivity index (χ0n) is 11.9. The van der Waals surface area contributed by atoms with E-state index in [4.69, 9.17) is 5.11 Å². The van der Waals surface area contributed by atoms with E-state index < -0.39 is 22.8 Å². The normalized spacial score (nSPS) is 11.7. The van der Waals surface area contributed by atoms with E-state index in [1.807, 2.05) is 0 Å². The molecule has 2 aromatic rings. The number of carboxylic acids is 1. The van der Waals surface area contributed by atoms with Crippen molar-refractivity contribution in [1.29, 1.82) is 0 Å². The number of pyridine rings is 1. The highest BCUT2D eigenvalue weighted by atomic mass is 16.6. The van der Waals surface area contributed by atoms with Crippen LogP contribution in [0.1, 0.15) is 5.56 Å². The third-order valence-electron chi connectivity index (χ3n) is 3.04. The summed E-state index contributed by atoms with van der Waals surface area (Å²) in [6.45, 7) is 0. The lowest BCUT2D eigenvalue weighted by molar-refractivity contribution is -0.385. The molecule has 0 amide bonds. The molecule has 23 heavy (non-hydrogen) atoms. The number of carbonyl (C=O) groups excluding carboxylic acids is 1. The standard InChI is InChI=1S/C13H12N4O6/c1-23-13(20)10(12(18)19)4-8-5-15-16(7-8)11-3-2-9(6-14-11)17(21)22/h2-3,5-7,10H,4H2,1H3,(H,18,19). The van der Waals surface area contributed by atoms with Gasteiger partial charge in [-0.2, -0.15) is 5.10 Å². The second-order valence-electron chi connectivity index (χ2n) is 4.54. The van der Waals surface area contributed by atoms with Gasteiger partial charge in [0.25, 0.3) is 5.69 Å². The highest BCUT2D eigenvalue weighted by Gasteiger charge is 2.28. The van der Waals surface area contributed by atoms with E-state index in [0.29, 0.717) is 11.4 Å². The molecule has 0 aliphatic carbocycles. The van der Waals surface area contributed by atoms with Crippen molar-refractivity contribution in [3.05, 3.63) is 46.4 Å². The van der Waals surface area contributed by atoms with E-state index >= 15 is 0 Å². The summed E-state index contributed by atoms with van der Waals surface area (Å²) in [5, 5.41) is 23.6. The molecule has 2 aromatic heterocycles. The maximum absolute atomic E-state index is 11.4. The van der Waals surface area contributed by atoms with Gasteiger partial charge in [-0.1, -0.05) is 0 Å². The van der Waals surface area contributed by atoms with Crippen molar-refractivity contribution in [1.82, 2.24) is 14.8 Å². The van der Waals surface area contributed by atoms with Crippen LogP contribution in [0, 0.1) is 16.0 Å². The SMILES string of the molecule is COC(=O)C(Cc1cnn(-c2ccc([N+](=O)[O-])cn2)c1)C(=O)O. The average molecular weight is 320 g/mol. The van der Waals surface area contributed by atoms with Gasteiger partial charge in [0.1, 0.15) is 6.20 Å². The highest BCUT2D eigenvalue weighted by Crippen LogP contribution is 2.14. The molecule has 10 heteroatoms. The second-order valence-corrected chi connectivity index (χ2v) is 4.54. The molecule has 2 rings (SSSR count). The summed E-state index contributed by atoms with van der Waals surface area (Å²) in [5.74, 6) is -3.15. The number of nitro groups is 1. The maximum Gasteiger partial charge on any atom is 0.320 e. The smallest absolute Gasteiger partial charge is 0.320 e. The van der Waals surface area contributed by atoms with E-state index in [9.17, 15) is 19.7 Å². The van der Waals surface area contributed by atoms with Crippen LogP contribution >= 0.6 is 0 Å². The Morgan fingerprint density at radius 3 is 2.70 bits per heavy atom. The minimum atomic E-state index is -1.33. The molecule has 1 atom stereocenters. The molecule has 2 heterocycles. The lowest BCUT2D eigenvalue weighted by atomic mass is 10.0. The largest absolute Gasteiger partial charge is 0.481 e. The first kappa shape index (κ1) is 16.1. The number of aromatic nitrogens is 3. The zero-order valence-corrected chi connectivity index (χ0v) is 11.9. The maximum atomic E-state index is 11.4. The molecule has 0 bridgehead atoms. The molecule has 0 spiro atoms. The zero-order chi connectivity index (χ0) is 17.0. The minimum absolute atomic E-state index is 0.0883. The fourth-order valence-electron chi connectivity index (χ4n) is 1.86. The first-order valence-electron chi connectivity index (χ1n) is 6.37. The van der Waals surface area contributed by atoms with Crippen molar-refractivity contribution in [3.63, 3.8) is 0 Å². The third-order valence-corrected chi connectivity index (χ3v) is 3.04. The number of carboxylic acid groups (broad SMARTS) is 1. The van der Waals surface area contributed by atoms with Gasteiger partial charge in [-0.25, -0.2) is 9.67 Å². The van der Waals surface area contributed by atoms with Gasteiger partial charge in [-0.05, 0) is 18.1 Å². The number of hydrogen-bond donors (Lipinski definition) is 1. The Hall–Kier alpha value is -3.30. The number of esters is 1. The Balaban J connectivity index is 2.18. The number of methoxy groups -OCH3 is 1. The van der Waals surface area contributed by atoms with Crippen molar-refractivity contribution in [2.24, 2.45) is 5.92 Å². The van der Waals surface area contributed by atoms with Crippen molar-refractivity contribution in [2.75, 3.05) is 7.11 Å². The van der Waals surface area contributed by atoms with Gasteiger partial charge in [-0.15, -0.1) is 0 Å². The average Bonchev–Trinajstić information content (AvgIpc) is 3.00. The van der Waals surface area contributed by atoms with Gasteiger partial charge in [0, 0.05) is 12.3 Å². The van der Waals surface area contributed by atoms with Crippen LogP contribution in [0.25, 0.3) is 5.82 Å². The molecule has 1 N–H and O–H groups in total.